The van der Waals surface area contributed by atoms with Crippen LogP contribution in [-0.4, -0.2) is 66.2 Å². The number of ether oxygens (including phenoxy) is 1. The molecule has 24 heavy (non-hydrogen) atoms. The Labute approximate surface area is 139 Å². The van der Waals surface area contributed by atoms with Crippen molar-refractivity contribution in [3.05, 3.63) is 24.2 Å². The summed E-state index contributed by atoms with van der Waals surface area (Å²) in [4.78, 5) is 28.1. The highest BCUT2D eigenvalue weighted by molar-refractivity contribution is 5.91. The first-order chi connectivity index (χ1) is 11.6. The second kappa shape index (κ2) is 5.88. The van der Waals surface area contributed by atoms with Gasteiger partial charge in [0, 0.05) is 32.1 Å². The topological polar surface area (TPSA) is 63.0 Å². The number of carbonyl (C=O) groups excluding carboxylic acids is 2. The second-order valence-corrected chi connectivity index (χ2v) is 6.93. The van der Waals surface area contributed by atoms with E-state index in [4.69, 9.17) is 9.15 Å². The Kier molecular flexibility index (Phi) is 3.83. The summed E-state index contributed by atoms with van der Waals surface area (Å²) in [7, 11) is 0. The maximum atomic E-state index is 14.4. The summed E-state index contributed by atoms with van der Waals surface area (Å²) in [5, 5.41) is 0. The van der Waals surface area contributed by atoms with Gasteiger partial charge < -0.3 is 19.0 Å². The van der Waals surface area contributed by atoms with Crippen molar-refractivity contribution in [2.24, 2.45) is 5.92 Å². The molecule has 0 N–H and O–H groups in total. The number of rotatable bonds is 2. The molecule has 1 aromatic rings. The van der Waals surface area contributed by atoms with E-state index in [1.54, 1.807) is 21.9 Å². The molecule has 0 aromatic carbocycles. The Hall–Kier alpha value is -1.89. The van der Waals surface area contributed by atoms with Gasteiger partial charge in [0.2, 0.25) is 0 Å². The van der Waals surface area contributed by atoms with Gasteiger partial charge in [0.25, 0.3) is 11.8 Å². The summed E-state index contributed by atoms with van der Waals surface area (Å²) < 4.78 is 25.4. The van der Waals surface area contributed by atoms with Gasteiger partial charge in [-0.05, 0) is 31.4 Å². The first-order valence-electron chi connectivity index (χ1n) is 8.49. The fourth-order valence-electron chi connectivity index (χ4n) is 3.78. The summed E-state index contributed by atoms with van der Waals surface area (Å²) >= 11 is 0. The van der Waals surface area contributed by atoms with Crippen LogP contribution in [-0.2, 0) is 9.53 Å². The van der Waals surface area contributed by atoms with Crippen molar-refractivity contribution in [3.63, 3.8) is 0 Å². The Morgan fingerprint density at radius 1 is 1.21 bits per heavy atom. The molecule has 3 aliphatic rings. The van der Waals surface area contributed by atoms with Crippen molar-refractivity contribution in [1.29, 1.82) is 0 Å². The van der Waals surface area contributed by atoms with Gasteiger partial charge >= 0.3 is 0 Å². The van der Waals surface area contributed by atoms with Gasteiger partial charge in [0.1, 0.15) is 0 Å². The van der Waals surface area contributed by atoms with Crippen LogP contribution in [0.25, 0.3) is 0 Å². The molecule has 1 saturated carbocycles. The fraction of sp³-hybridized carbons (Fsp3) is 0.647. The number of furan rings is 1. The predicted octanol–water partition coefficient (Wildman–Crippen LogP) is 1.47. The molecule has 0 unspecified atom stereocenters. The average Bonchev–Trinajstić information content (AvgIpc) is 3.17. The number of fused-ring (bicyclic) bond motifs is 1. The molecule has 3 heterocycles. The molecule has 2 amide bonds. The lowest BCUT2D eigenvalue weighted by atomic mass is 9.81. The number of alkyl halides is 1. The molecular weight excluding hydrogens is 315 g/mol. The van der Waals surface area contributed by atoms with Gasteiger partial charge in [-0.25, -0.2) is 4.39 Å². The van der Waals surface area contributed by atoms with Crippen LogP contribution in [0.4, 0.5) is 4.39 Å². The van der Waals surface area contributed by atoms with Gasteiger partial charge in [-0.1, -0.05) is 0 Å². The maximum Gasteiger partial charge on any atom is 0.289 e. The van der Waals surface area contributed by atoms with E-state index in [2.05, 4.69) is 0 Å². The predicted molar refractivity (Wildman–Crippen MR) is 82.1 cm³/mol. The van der Waals surface area contributed by atoms with E-state index in [9.17, 15) is 14.0 Å². The molecule has 4 rings (SSSR count). The van der Waals surface area contributed by atoms with Crippen molar-refractivity contribution in [3.8, 4) is 0 Å². The third-order valence-electron chi connectivity index (χ3n) is 5.36. The zero-order valence-corrected chi connectivity index (χ0v) is 13.4. The molecule has 1 aliphatic carbocycles. The van der Waals surface area contributed by atoms with E-state index in [1.807, 2.05) is 0 Å². The highest BCUT2D eigenvalue weighted by Gasteiger charge is 2.50. The highest BCUT2D eigenvalue weighted by Crippen LogP contribution is 2.39. The quantitative estimate of drug-likeness (QED) is 0.820. The van der Waals surface area contributed by atoms with Crippen molar-refractivity contribution in [2.45, 2.75) is 31.0 Å². The summed E-state index contributed by atoms with van der Waals surface area (Å²) in [6.45, 7) is 2.26. The van der Waals surface area contributed by atoms with Crippen molar-refractivity contribution in [2.75, 3.05) is 32.8 Å². The lowest BCUT2D eigenvalue weighted by Gasteiger charge is -2.35. The van der Waals surface area contributed by atoms with Crippen molar-refractivity contribution in [1.82, 2.24) is 9.80 Å². The van der Waals surface area contributed by atoms with Crippen LogP contribution in [0.5, 0.6) is 0 Å². The lowest BCUT2D eigenvalue weighted by molar-refractivity contribution is -0.149. The minimum Gasteiger partial charge on any atom is -0.459 e. The zero-order valence-electron chi connectivity index (χ0n) is 13.4. The Balaban J connectivity index is 1.44. The number of halogens is 1. The molecule has 0 bridgehead atoms. The number of carbonyl (C=O) groups is 2. The monoisotopic (exact) mass is 336 g/mol. The third kappa shape index (κ3) is 2.60. The summed E-state index contributed by atoms with van der Waals surface area (Å²) in [5.74, 6) is -0.264. The Bertz CT molecular complexity index is 629. The number of hydrogen-bond acceptors (Lipinski definition) is 4. The van der Waals surface area contributed by atoms with Gasteiger partial charge in [0.15, 0.2) is 11.4 Å². The molecule has 1 aromatic heterocycles. The molecule has 2 atom stereocenters. The van der Waals surface area contributed by atoms with Gasteiger partial charge in [-0.3, -0.25) is 9.59 Å². The van der Waals surface area contributed by atoms with E-state index in [1.165, 1.54) is 6.26 Å². The Morgan fingerprint density at radius 2 is 2.00 bits per heavy atom. The number of amides is 2. The smallest absolute Gasteiger partial charge is 0.289 e. The third-order valence-corrected chi connectivity index (χ3v) is 5.36. The largest absolute Gasteiger partial charge is 0.459 e. The summed E-state index contributed by atoms with van der Waals surface area (Å²) in [6, 6.07) is 3.32. The van der Waals surface area contributed by atoms with E-state index in [0.29, 0.717) is 51.4 Å². The van der Waals surface area contributed by atoms with Gasteiger partial charge in [0.05, 0.1) is 19.0 Å². The molecule has 7 heteroatoms. The molecule has 0 spiro atoms. The van der Waals surface area contributed by atoms with Crippen molar-refractivity contribution < 1.29 is 23.1 Å². The van der Waals surface area contributed by atoms with Crippen LogP contribution < -0.4 is 0 Å². The number of likely N-dealkylation sites (tertiary alicyclic amines) is 1. The number of nitrogens with zero attached hydrogens (tertiary/aromatic N) is 2. The first kappa shape index (κ1) is 15.6. The fourth-order valence-corrected chi connectivity index (χ4v) is 3.78. The van der Waals surface area contributed by atoms with Crippen LogP contribution in [0, 0.1) is 5.92 Å². The van der Waals surface area contributed by atoms with Gasteiger partial charge in [-0.2, -0.15) is 0 Å². The zero-order chi connectivity index (χ0) is 16.7. The van der Waals surface area contributed by atoms with E-state index in [-0.39, 0.29) is 17.9 Å². The molecular formula is C17H21FN2O4. The normalized spacial score (nSPS) is 28.9. The van der Waals surface area contributed by atoms with E-state index in [0.717, 1.165) is 6.42 Å². The average molecular weight is 336 g/mol. The highest BCUT2D eigenvalue weighted by atomic mass is 19.1. The second-order valence-electron chi connectivity index (χ2n) is 6.93. The molecule has 3 fully saturated rings. The minimum atomic E-state index is -1.67. The number of hydrogen-bond donors (Lipinski definition) is 0. The molecule has 2 saturated heterocycles. The van der Waals surface area contributed by atoms with Crippen LogP contribution in [0.1, 0.15) is 29.8 Å². The maximum absolute atomic E-state index is 14.4. The minimum absolute atomic E-state index is 0.0130. The van der Waals surface area contributed by atoms with Crippen LogP contribution >= 0.6 is 0 Å². The standard InChI is InChI=1S/C17H21FN2O4/c18-17(4-2-5-17)16(22)20-10-12-9-19(6-8-24-14(12)11-20)15(21)13-3-1-7-23-13/h1,3,7,12,14H,2,4-6,8-11H2/t12-,14+/m0/s1. The molecule has 2 aliphatic heterocycles. The van der Waals surface area contributed by atoms with Gasteiger partial charge in [-0.15, -0.1) is 0 Å². The summed E-state index contributed by atoms with van der Waals surface area (Å²) in [5.41, 5.74) is -1.67. The molecule has 6 nitrogen and oxygen atoms in total. The van der Waals surface area contributed by atoms with Crippen LogP contribution in [0.2, 0.25) is 0 Å². The first-order valence-corrected chi connectivity index (χ1v) is 8.49. The molecule has 130 valence electrons. The van der Waals surface area contributed by atoms with E-state index >= 15 is 0 Å². The SMILES string of the molecule is O=C(c1ccco1)N1CCO[C@@H]2CN(C(=O)C3(F)CCC3)C[C@@H]2C1. The summed E-state index contributed by atoms with van der Waals surface area (Å²) in [6.07, 6.45) is 2.75. The Morgan fingerprint density at radius 3 is 2.67 bits per heavy atom. The van der Waals surface area contributed by atoms with E-state index < -0.39 is 11.6 Å². The lowest BCUT2D eigenvalue weighted by Crippen LogP contribution is -2.50. The van der Waals surface area contributed by atoms with Crippen LogP contribution in [0.3, 0.4) is 0 Å². The molecule has 0 radical (unpaired) electrons. The van der Waals surface area contributed by atoms with Crippen molar-refractivity contribution >= 4 is 11.8 Å². The van der Waals surface area contributed by atoms with Crippen LogP contribution in [0.15, 0.2) is 22.8 Å².